The van der Waals surface area contributed by atoms with Gasteiger partial charge in [0.1, 0.15) is 0 Å². The third-order valence-electron chi connectivity index (χ3n) is 2.85. The van der Waals surface area contributed by atoms with Crippen molar-refractivity contribution < 1.29 is 19.5 Å². The molecular formula is C12H29O4P. The Kier molecular flexibility index (Phi) is 12.8. The second-order valence-corrected chi connectivity index (χ2v) is 6.03. The second kappa shape index (κ2) is 11.2. The van der Waals surface area contributed by atoms with E-state index >= 15 is 0 Å². The molecule has 0 radical (unpaired) electrons. The minimum absolute atomic E-state index is 0.181. The fourth-order valence-corrected chi connectivity index (χ4v) is 3.37. The van der Waals surface area contributed by atoms with Crippen LogP contribution in [0, 0.1) is 5.92 Å². The highest BCUT2D eigenvalue weighted by molar-refractivity contribution is 7.52. The zero-order chi connectivity index (χ0) is 13.9. The molecule has 0 aromatic rings. The maximum atomic E-state index is 11.2. The van der Waals surface area contributed by atoms with E-state index in [9.17, 15) is 14.4 Å². The largest absolute Gasteiger partial charge is 0.397 e. The fourth-order valence-electron chi connectivity index (χ4n) is 1.98. The number of aliphatic hydroxyl groups excluding tert-OH is 1. The van der Waals surface area contributed by atoms with Crippen molar-refractivity contribution in [2.45, 2.75) is 65.5 Å². The SMILES string of the molecule is CCCCC(CC)C(CC)P(=O)(O)O.CCO. The van der Waals surface area contributed by atoms with Gasteiger partial charge in [-0.05, 0) is 25.7 Å². The van der Waals surface area contributed by atoms with Gasteiger partial charge in [0.05, 0.1) is 5.66 Å². The number of rotatable bonds is 7. The standard InChI is InChI=1S/C10H23O3P.C2H6O/c1-4-7-8-9(5-2)10(6-3)14(11,12)13;1-2-3/h9-10H,4-8H2,1-3H3,(H2,11,12,13);3H,2H2,1H3. The summed E-state index contributed by atoms with van der Waals surface area (Å²) in [7, 11) is -3.89. The fraction of sp³-hybridized carbons (Fsp3) is 1.00. The molecule has 0 aliphatic rings. The minimum atomic E-state index is -3.89. The van der Waals surface area contributed by atoms with E-state index in [0.717, 1.165) is 25.7 Å². The molecule has 3 N–H and O–H groups in total. The van der Waals surface area contributed by atoms with Crippen molar-refractivity contribution in [3.05, 3.63) is 0 Å². The lowest BCUT2D eigenvalue weighted by Gasteiger charge is -2.25. The van der Waals surface area contributed by atoms with E-state index in [-0.39, 0.29) is 12.5 Å². The van der Waals surface area contributed by atoms with Crippen LogP contribution in [0.25, 0.3) is 0 Å². The molecule has 4 nitrogen and oxygen atoms in total. The molecule has 2 atom stereocenters. The Hall–Kier alpha value is 0.110. The molecule has 106 valence electrons. The van der Waals surface area contributed by atoms with Gasteiger partial charge in [-0.1, -0.05) is 40.0 Å². The Balaban J connectivity index is 0. The highest BCUT2D eigenvalue weighted by Gasteiger charge is 2.32. The zero-order valence-electron chi connectivity index (χ0n) is 11.6. The van der Waals surface area contributed by atoms with Crippen molar-refractivity contribution in [3.8, 4) is 0 Å². The van der Waals surface area contributed by atoms with E-state index in [1.54, 1.807) is 6.92 Å². The molecule has 0 heterocycles. The molecule has 0 aromatic heterocycles. The van der Waals surface area contributed by atoms with Crippen molar-refractivity contribution in [2.24, 2.45) is 5.92 Å². The van der Waals surface area contributed by atoms with Crippen LogP contribution >= 0.6 is 7.60 Å². The van der Waals surface area contributed by atoms with Crippen LogP contribution in [0.15, 0.2) is 0 Å². The number of hydrogen-bond acceptors (Lipinski definition) is 2. The van der Waals surface area contributed by atoms with E-state index in [0.29, 0.717) is 6.42 Å². The van der Waals surface area contributed by atoms with Gasteiger partial charge < -0.3 is 14.9 Å². The molecule has 17 heavy (non-hydrogen) atoms. The van der Waals surface area contributed by atoms with E-state index in [1.165, 1.54) is 0 Å². The highest BCUT2D eigenvalue weighted by atomic mass is 31.2. The molecule has 0 aliphatic carbocycles. The summed E-state index contributed by atoms with van der Waals surface area (Å²) in [6, 6.07) is 0. The van der Waals surface area contributed by atoms with Crippen LogP contribution in [0.3, 0.4) is 0 Å². The average Bonchev–Trinajstić information content (AvgIpc) is 2.23. The van der Waals surface area contributed by atoms with Crippen LogP contribution in [0.4, 0.5) is 0 Å². The van der Waals surface area contributed by atoms with Crippen LogP contribution in [0.1, 0.15) is 59.8 Å². The van der Waals surface area contributed by atoms with Gasteiger partial charge >= 0.3 is 7.60 Å². The van der Waals surface area contributed by atoms with Crippen LogP contribution < -0.4 is 0 Å². The Morgan fingerprint density at radius 1 is 1.06 bits per heavy atom. The number of unbranched alkanes of at least 4 members (excludes halogenated alkanes) is 1. The molecule has 0 rings (SSSR count). The van der Waals surface area contributed by atoms with Gasteiger partial charge in [-0.15, -0.1) is 0 Å². The molecule has 0 aliphatic heterocycles. The predicted octanol–water partition coefficient (Wildman–Crippen LogP) is 3.16. The van der Waals surface area contributed by atoms with Crippen molar-refractivity contribution in [3.63, 3.8) is 0 Å². The Labute approximate surface area is 106 Å². The minimum Gasteiger partial charge on any atom is -0.397 e. The Morgan fingerprint density at radius 3 is 1.76 bits per heavy atom. The molecule has 5 heteroatoms. The molecule has 0 bridgehead atoms. The van der Waals surface area contributed by atoms with E-state index in [2.05, 4.69) is 6.92 Å². The predicted molar refractivity (Wildman–Crippen MR) is 72.2 cm³/mol. The van der Waals surface area contributed by atoms with E-state index < -0.39 is 13.3 Å². The summed E-state index contributed by atoms with van der Waals surface area (Å²) in [5.74, 6) is 0.181. The van der Waals surface area contributed by atoms with Gasteiger partial charge in [0.2, 0.25) is 0 Å². The van der Waals surface area contributed by atoms with Crippen LogP contribution in [-0.2, 0) is 4.57 Å². The summed E-state index contributed by atoms with van der Waals surface area (Å²) >= 11 is 0. The second-order valence-electron chi connectivity index (χ2n) is 4.19. The smallest absolute Gasteiger partial charge is 0.328 e. The average molecular weight is 268 g/mol. The van der Waals surface area contributed by atoms with Crippen LogP contribution in [0.2, 0.25) is 0 Å². The monoisotopic (exact) mass is 268 g/mol. The van der Waals surface area contributed by atoms with Crippen LogP contribution in [0.5, 0.6) is 0 Å². The Morgan fingerprint density at radius 2 is 1.53 bits per heavy atom. The molecule has 0 aromatic carbocycles. The quantitative estimate of drug-likeness (QED) is 0.620. The number of hydrogen-bond donors (Lipinski definition) is 3. The summed E-state index contributed by atoms with van der Waals surface area (Å²) in [6.07, 6.45) is 4.54. The zero-order valence-corrected chi connectivity index (χ0v) is 12.5. The molecule has 0 saturated heterocycles. The lowest BCUT2D eigenvalue weighted by atomic mass is 9.94. The molecule has 2 unspecified atom stereocenters. The van der Waals surface area contributed by atoms with Crippen molar-refractivity contribution >= 4 is 7.60 Å². The first-order valence-electron chi connectivity index (χ1n) is 6.54. The normalized spacial score (nSPS) is 14.8. The molecule has 0 saturated carbocycles. The van der Waals surface area contributed by atoms with Crippen LogP contribution in [-0.4, -0.2) is 27.2 Å². The van der Waals surface area contributed by atoms with Crippen molar-refractivity contribution in [2.75, 3.05) is 6.61 Å². The van der Waals surface area contributed by atoms with Gasteiger partial charge in [-0.2, -0.15) is 0 Å². The molecular weight excluding hydrogens is 239 g/mol. The molecule has 0 amide bonds. The maximum absolute atomic E-state index is 11.2. The topological polar surface area (TPSA) is 77.8 Å². The molecule has 0 spiro atoms. The first kappa shape index (κ1) is 19.4. The summed E-state index contributed by atoms with van der Waals surface area (Å²) in [5.41, 5.74) is -0.431. The first-order chi connectivity index (χ1) is 7.88. The van der Waals surface area contributed by atoms with Gasteiger partial charge in [-0.3, -0.25) is 4.57 Å². The van der Waals surface area contributed by atoms with Gasteiger partial charge in [-0.25, -0.2) is 0 Å². The summed E-state index contributed by atoms with van der Waals surface area (Å²) < 4.78 is 11.2. The third kappa shape index (κ3) is 9.78. The third-order valence-corrected chi connectivity index (χ3v) is 4.50. The van der Waals surface area contributed by atoms with Crippen molar-refractivity contribution in [1.29, 1.82) is 0 Å². The maximum Gasteiger partial charge on any atom is 0.328 e. The summed E-state index contributed by atoms with van der Waals surface area (Å²) in [5, 5.41) is 7.57. The Bertz CT molecular complexity index is 203. The highest BCUT2D eigenvalue weighted by Crippen LogP contribution is 2.48. The van der Waals surface area contributed by atoms with E-state index in [4.69, 9.17) is 5.11 Å². The lowest BCUT2D eigenvalue weighted by Crippen LogP contribution is -2.19. The first-order valence-corrected chi connectivity index (χ1v) is 8.23. The van der Waals surface area contributed by atoms with Gasteiger partial charge in [0.25, 0.3) is 0 Å². The summed E-state index contributed by atoms with van der Waals surface area (Å²) in [4.78, 5) is 18.4. The van der Waals surface area contributed by atoms with Crippen molar-refractivity contribution in [1.82, 2.24) is 0 Å². The van der Waals surface area contributed by atoms with Gasteiger partial charge in [0.15, 0.2) is 0 Å². The summed E-state index contributed by atoms with van der Waals surface area (Å²) in [6.45, 7) is 7.90. The van der Waals surface area contributed by atoms with E-state index in [1.807, 2.05) is 13.8 Å². The molecule has 0 fully saturated rings. The lowest BCUT2D eigenvalue weighted by molar-refractivity contribution is 0.315. The van der Waals surface area contributed by atoms with Gasteiger partial charge in [0, 0.05) is 6.61 Å². The number of aliphatic hydroxyl groups is 1.